The minimum Gasteiger partial charge on any atom is -0.247 e. The van der Waals surface area contributed by atoms with Crippen LogP contribution in [0, 0.1) is 12.5 Å². The molecule has 1 rings (SSSR count). The largest absolute Gasteiger partial charge is 0.247 e. The molecule has 8 heavy (non-hydrogen) atoms. The molecular weight excluding hydrogens is 103 g/mol. The Balaban J connectivity index is 2.32. The van der Waals surface area contributed by atoms with Gasteiger partial charge in [0.15, 0.2) is 0 Å². The van der Waals surface area contributed by atoms with Crippen LogP contribution >= 0.6 is 0 Å². The van der Waals surface area contributed by atoms with Crippen molar-refractivity contribution in [2.75, 3.05) is 0 Å². The van der Waals surface area contributed by atoms with Crippen LogP contribution in [0.2, 0.25) is 0 Å². The quantitative estimate of drug-likeness (QED) is 0.488. The highest BCUT2D eigenvalue weighted by atomic mass is 19.1. The molecule has 1 aliphatic rings. The van der Waals surface area contributed by atoms with Gasteiger partial charge < -0.3 is 0 Å². The average Bonchev–Trinajstić information content (AvgIpc) is 2.14. The zero-order valence-corrected chi connectivity index (χ0v) is 4.81. The lowest BCUT2D eigenvalue weighted by atomic mass is 10.1. The summed E-state index contributed by atoms with van der Waals surface area (Å²) in [6.45, 7) is 5.20. The SMILES string of the molecule is [CH]=CC1CCC(F)C1. The van der Waals surface area contributed by atoms with Gasteiger partial charge in [-0.1, -0.05) is 12.7 Å². The first-order valence-electron chi connectivity index (χ1n) is 3.02. The maximum Gasteiger partial charge on any atom is 0.101 e. The molecule has 0 aromatic heterocycles. The van der Waals surface area contributed by atoms with Crippen LogP contribution in [0.3, 0.4) is 0 Å². The van der Waals surface area contributed by atoms with Crippen molar-refractivity contribution in [3.63, 3.8) is 0 Å². The fourth-order valence-electron chi connectivity index (χ4n) is 1.13. The first kappa shape index (κ1) is 5.80. The Kier molecular flexibility index (Phi) is 1.66. The average molecular weight is 113 g/mol. The number of halogens is 1. The van der Waals surface area contributed by atoms with Gasteiger partial charge in [0.25, 0.3) is 0 Å². The summed E-state index contributed by atoms with van der Waals surface area (Å²) in [7, 11) is 0. The molecule has 0 heterocycles. The van der Waals surface area contributed by atoms with E-state index in [-0.39, 0.29) is 0 Å². The summed E-state index contributed by atoms with van der Waals surface area (Å²) in [5.74, 6) is 0.352. The van der Waals surface area contributed by atoms with Crippen molar-refractivity contribution in [2.24, 2.45) is 5.92 Å². The number of allylic oxidation sites excluding steroid dienone is 1. The summed E-state index contributed by atoms with van der Waals surface area (Å²) >= 11 is 0. The molecule has 0 saturated heterocycles. The molecule has 0 nitrogen and oxygen atoms in total. The first-order chi connectivity index (χ1) is 3.83. The van der Waals surface area contributed by atoms with Crippen molar-refractivity contribution in [1.82, 2.24) is 0 Å². The monoisotopic (exact) mass is 113 g/mol. The summed E-state index contributed by atoms with van der Waals surface area (Å²) in [6.07, 6.45) is 3.33. The smallest absolute Gasteiger partial charge is 0.101 e. The fraction of sp³-hybridized carbons (Fsp3) is 0.714. The minimum absolute atomic E-state index is 0.352. The highest BCUT2D eigenvalue weighted by Crippen LogP contribution is 2.27. The molecule has 0 bridgehead atoms. The first-order valence-corrected chi connectivity index (χ1v) is 3.02. The molecule has 1 aliphatic carbocycles. The van der Waals surface area contributed by atoms with Gasteiger partial charge in [-0.05, 0) is 25.2 Å². The molecule has 0 aliphatic heterocycles. The van der Waals surface area contributed by atoms with Gasteiger partial charge in [-0.3, -0.25) is 0 Å². The number of rotatable bonds is 1. The molecule has 0 spiro atoms. The topological polar surface area (TPSA) is 0 Å². The molecule has 45 valence electrons. The molecule has 0 aromatic rings. The van der Waals surface area contributed by atoms with Crippen LogP contribution in [0.4, 0.5) is 4.39 Å². The number of hydrogen-bond acceptors (Lipinski definition) is 0. The van der Waals surface area contributed by atoms with Gasteiger partial charge >= 0.3 is 0 Å². The highest BCUT2D eigenvalue weighted by Gasteiger charge is 2.20. The third-order valence-corrected chi connectivity index (χ3v) is 1.68. The second kappa shape index (κ2) is 2.29. The van der Waals surface area contributed by atoms with E-state index in [0.717, 1.165) is 6.42 Å². The van der Waals surface area contributed by atoms with Crippen LogP contribution in [0.5, 0.6) is 0 Å². The third-order valence-electron chi connectivity index (χ3n) is 1.68. The van der Waals surface area contributed by atoms with Crippen molar-refractivity contribution in [3.8, 4) is 0 Å². The van der Waals surface area contributed by atoms with Crippen LogP contribution in [0.15, 0.2) is 6.08 Å². The van der Waals surface area contributed by atoms with Gasteiger partial charge in [0.1, 0.15) is 6.17 Å². The van der Waals surface area contributed by atoms with Crippen molar-refractivity contribution >= 4 is 0 Å². The summed E-state index contributed by atoms with van der Waals surface area (Å²) in [6, 6.07) is 0. The molecule has 1 saturated carbocycles. The number of alkyl halides is 1. The summed E-state index contributed by atoms with van der Waals surface area (Å²) in [5, 5.41) is 0. The maximum absolute atomic E-state index is 12.3. The van der Waals surface area contributed by atoms with Gasteiger partial charge in [0.05, 0.1) is 0 Å². The molecule has 1 fully saturated rings. The van der Waals surface area contributed by atoms with E-state index in [1.165, 1.54) is 0 Å². The van der Waals surface area contributed by atoms with E-state index in [9.17, 15) is 4.39 Å². The zero-order chi connectivity index (χ0) is 5.98. The molecule has 2 atom stereocenters. The predicted octanol–water partition coefficient (Wildman–Crippen LogP) is 2.11. The Morgan fingerprint density at radius 2 is 2.25 bits per heavy atom. The Morgan fingerprint density at radius 3 is 2.50 bits per heavy atom. The summed E-state index contributed by atoms with van der Waals surface area (Å²) in [5.41, 5.74) is 0. The van der Waals surface area contributed by atoms with E-state index in [1.807, 2.05) is 0 Å². The van der Waals surface area contributed by atoms with Crippen molar-refractivity contribution in [1.29, 1.82) is 0 Å². The van der Waals surface area contributed by atoms with E-state index in [4.69, 9.17) is 6.58 Å². The van der Waals surface area contributed by atoms with E-state index in [2.05, 4.69) is 0 Å². The van der Waals surface area contributed by atoms with Gasteiger partial charge in [-0.25, -0.2) is 4.39 Å². The Bertz CT molecular complexity index is 88.4. The molecular formula is C7H10F. The molecule has 0 N–H and O–H groups in total. The van der Waals surface area contributed by atoms with Crippen molar-refractivity contribution < 1.29 is 4.39 Å². The Morgan fingerprint density at radius 1 is 1.50 bits per heavy atom. The van der Waals surface area contributed by atoms with Gasteiger partial charge in [-0.2, -0.15) is 0 Å². The second-order valence-electron chi connectivity index (χ2n) is 2.36. The van der Waals surface area contributed by atoms with E-state index in [0.29, 0.717) is 18.8 Å². The lowest BCUT2D eigenvalue weighted by Gasteiger charge is -1.96. The van der Waals surface area contributed by atoms with Gasteiger partial charge in [0.2, 0.25) is 0 Å². The van der Waals surface area contributed by atoms with Crippen LogP contribution in [-0.2, 0) is 0 Å². The van der Waals surface area contributed by atoms with E-state index >= 15 is 0 Å². The van der Waals surface area contributed by atoms with Crippen LogP contribution in [-0.4, -0.2) is 6.17 Å². The molecule has 1 heteroatoms. The lowest BCUT2D eigenvalue weighted by molar-refractivity contribution is 0.337. The van der Waals surface area contributed by atoms with Crippen molar-refractivity contribution in [3.05, 3.63) is 12.7 Å². The van der Waals surface area contributed by atoms with Crippen LogP contribution < -0.4 is 0 Å². The molecule has 0 aromatic carbocycles. The van der Waals surface area contributed by atoms with Gasteiger partial charge in [-0.15, -0.1) is 0 Å². The lowest BCUT2D eigenvalue weighted by Crippen LogP contribution is -1.90. The standard InChI is InChI=1S/C7H10F/c1-2-6-3-4-7(8)5-6/h1-2,6-7H,3-5H2. The summed E-state index contributed by atoms with van der Waals surface area (Å²) in [4.78, 5) is 0. The zero-order valence-electron chi connectivity index (χ0n) is 4.81. The maximum atomic E-state index is 12.3. The molecule has 0 amide bonds. The molecule has 2 unspecified atom stereocenters. The van der Waals surface area contributed by atoms with Crippen LogP contribution in [0.25, 0.3) is 0 Å². The van der Waals surface area contributed by atoms with Gasteiger partial charge in [0, 0.05) is 0 Å². The summed E-state index contributed by atoms with van der Waals surface area (Å²) < 4.78 is 12.3. The van der Waals surface area contributed by atoms with Crippen LogP contribution in [0.1, 0.15) is 19.3 Å². The fourth-order valence-corrected chi connectivity index (χ4v) is 1.13. The normalized spacial score (nSPS) is 37.6. The number of hydrogen-bond donors (Lipinski definition) is 0. The van der Waals surface area contributed by atoms with E-state index < -0.39 is 6.17 Å². The van der Waals surface area contributed by atoms with Crippen molar-refractivity contribution in [2.45, 2.75) is 25.4 Å². The van der Waals surface area contributed by atoms with E-state index in [1.54, 1.807) is 6.08 Å². The Labute approximate surface area is 49.4 Å². The second-order valence-corrected chi connectivity index (χ2v) is 2.36. The highest BCUT2D eigenvalue weighted by molar-refractivity contribution is 4.85. The Hall–Kier alpha value is -0.330. The minimum atomic E-state index is -0.584. The third kappa shape index (κ3) is 1.09. The molecule has 1 radical (unpaired) electrons. The predicted molar refractivity (Wildman–Crippen MR) is 31.1 cm³/mol.